The number of carbonyl (C=O) groups is 2. The number of carbonyl (C=O) groups excluding carboxylic acids is 2. The maximum Gasteiger partial charge on any atom is 0.338 e. The van der Waals surface area contributed by atoms with Crippen molar-refractivity contribution in [2.45, 2.75) is 46.8 Å². The molecule has 3 heterocycles. The number of allylic oxidation sites excluding steroid dienone is 1. The van der Waals surface area contributed by atoms with Gasteiger partial charge in [-0.3, -0.25) is 9.36 Å². The molecule has 0 spiro atoms. The van der Waals surface area contributed by atoms with Gasteiger partial charge in [0.15, 0.2) is 4.80 Å². The predicted octanol–water partition coefficient (Wildman–Crippen LogP) is 4.39. The van der Waals surface area contributed by atoms with E-state index in [9.17, 15) is 14.4 Å². The predicted molar refractivity (Wildman–Crippen MR) is 165 cm³/mol. The van der Waals surface area contributed by atoms with Gasteiger partial charge in [-0.05, 0) is 88.2 Å². The zero-order chi connectivity index (χ0) is 31.0. The van der Waals surface area contributed by atoms with Gasteiger partial charge in [0.05, 0.1) is 47.7 Å². The largest absolute Gasteiger partial charge is 0.497 e. The number of aryl methyl sites for hydroxylation is 1. The monoisotopic (exact) mass is 599 g/mol. The summed E-state index contributed by atoms with van der Waals surface area (Å²) >= 11 is 1.27. The molecule has 222 valence electrons. The van der Waals surface area contributed by atoms with Crippen molar-refractivity contribution in [3.8, 4) is 11.4 Å². The van der Waals surface area contributed by atoms with Gasteiger partial charge in [-0.25, -0.2) is 14.6 Å². The van der Waals surface area contributed by atoms with Crippen molar-refractivity contribution in [1.82, 2.24) is 9.13 Å². The van der Waals surface area contributed by atoms with Crippen LogP contribution in [-0.2, 0) is 14.3 Å². The van der Waals surface area contributed by atoms with Crippen molar-refractivity contribution in [2.75, 3.05) is 14.2 Å². The van der Waals surface area contributed by atoms with Crippen LogP contribution in [0.2, 0.25) is 0 Å². The summed E-state index contributed by atoms with van der Waals surface area (Å²) in [7, 11) is 2.94. The Kier molecular flexibility index (Phi) is 8.23. The van der Waals surface area contributed by atoms with Gasteiger partial charge < -0.3 is 18.8 Å². The molecule has 0 unspecified atom stereocenters. The Labute approximate surface area is 253 Å². The normalized spacial score (nSPS) is 14.9. The number of rotatable bonds is 7. The highest BCUT2D eigenvalue weighted by Gasteiger charge is 2.34. The zero-order valence-electron chi connectivity index (χ0n) is 25.1. The molecule has 1 aliphatic rings. The molecule has 0 saturated heterocycles. The minimum Gasteiger partial charge on any atom is -0.497 e. The Morgan fingerprint density at radius 3 is 2.37 bits per heavy atom. The summed E-state index contributed by atoms with van der Waals surface area (Å²) in [4.78, 5) is 44.7. The van der Waals surface area contributed by atoms with Gasteiger partial charge in [0.2, 0.25) is 0 Å². The number of benzene rings is 2. The molecule has 2 aromatic heterocycles. The van der Waals surface area contributed by atoms with Crippen LogP contribution in [0.15, 0.2) is 75.7 Å². The second-order valence-corrected chi connectivity index (χ2v) is 11.5. The van der Waals surface area contributed by atoms with Crippen molar-refractivity contribution in [3.63, 3.8) is 0 Å². The fourth-order valence-corrected chi connectivity index (χ4v) is 6.36. The molecule has 4 aromatic rings. The van der Waals surface area contributed by atoms with Gasteiger partial charge in [0.1, 0.15) is 5.75 Å². The highest BCUT2D eigenvalue weighted by atomic mass is 32.1. The van der Waals surface area contributed by atoms with E-state index >= 15 is 0 Å². The Bertz CT molecular complexity index is 1940. The van der Waals surface area contributed by atoms with Crippen LogP contribution < -0.4 is 19.6 Å². The smallest absolute Gasteiger partial charge is 0.338 e. The summed E-state index contributed by atoms with van der Waals surface area (Å²) in [6, 6.07) is 15.8. The van der Waals surface area contributed by atoms with E-state index in [2.05, 4.69) is 4.99 Å². The number of thiazole rings is 1. The summed E-state index contributed by atoms with van der Waals surface area (Å²) in [6.07, 6.45) is 1.51. The number of ether oxygens (including phenoxy) is 3. The maximum absolute atomic E-state index is 14.1. The summed E-state index contributed by atoms with van der Waals surface area (Å²) in [6.45, 7) is 9.27. The van der Waals surface area contributed by atoms with Crippen molar-refractivity contribution < 1.29 is 23.8 Å². The van der Waals surface area contributed by atoms with E-state index in [4.69, 9.17) is 14.2 Å². The van der Waals surface area contributed by atoms with Gasteiger partial charge in [-0.15, -0.1) is 0 Å². The Morgan fingerprint density at radius 1 is 1.00 bits per heavy atom. The Morgan fingerprint density at radius 2 is 1.72 bits per heavy atom. The molecule has 43 heavy (non-hydrogen) atoms. The SMILES string of the molecule is COC(=O)c1cccc(-n2c(C)cc(/C=c3/sc4n(c3=O)[C@H](c3ccc(OC)cc3)C(C(=O)OC(C)C)=C(C)N=4)c2C)c1. The summed E-state index contributed by atoms with van der Waals surface area (Å²) < 4.78 is 19.9. The van der Waals surface area contributed by atoms with Crippen molar-refractivity contribution in [3.05, 3.63) is 114 Å². The molecular formula is C33H33N3O6S. The number of fused-ring (bicyclic) bond motifs is 1. The van der Waals surface area contributed by atoms with Crippen LogP contribution in [0.4, 0.5) is 0 Å². The minimum atomic E-state index is -0.718. The van der Waals surface area contributed by atoms with Crippen LogP contribution in [0.25, 0.3) is 11.8 Å². The number of methoxy groups -OCH3 is 2. The highest BCUT2D eigenvalue weighted by molar-refractivity contribution is 7.07. The number of hydrogen-bond donors (Lipinski definition) is 0. The fraction of sp³-hybridized carbons (Fsp3) is 0.273. The fourth-order valence-electron chi connectivity index (χ4n) is 5.32. The van der Waals surface area contributed by atoms with E-state index in [1.54, 1.807) is 56.7 Å². The van der Waals surface area contributed by atoms with Crippen molar-refractivity contribution in [2.24, 2.45) is 4.99 Å². The molecule has 0 aliphatic carbocycles. The van der Waals surface area contributed by atoms with E-state index in [-0.39, 0.29) is 11.7 Å². The first-order chi connectivity index (χ1) is 20.5. The molecule has 0 fully saturated rings. The van der Waals surface area contributed by atoms with Crippen LogP contribution in [0.3, 0.4) is 0 Å². The molecule has 1 aliphatic heterocycles. The molecule has 10 heteroatoms. The maximum atomic E-state index is 14.1. The number of nitrogens with zero attached hydrogens (tertiary/aromatic N) is 3. The molecule has 2 aromatic carbocycles. The number of esters is 2. The lowest BCUT2D eigenvalue weighted by Crippen LogP contribution is -2.40. The molecule has 0 N–H and O–H groups in total. The molecule has 0 amide bonds. The average molecular weight is 600 g/mol. The molecule has 5 rings (SSSR count). The first-order valence-electron chi connectivity index (χ1n) is 13.8. The van der Waals surface area contributed by atoms with E-state index in [0.29, 0.717) is 31.9 Å². The van der Waals surface area contributed by atoms with Crippen LogP contribution in [0, 0.1) is 13.8 Å². The molecule has 0 saturated carbocycles. The second-order valence-electron chi connectivity index (χ2n) is 10.5. The van der Waals surface area contributed by atoms with Gasteiger partial charge in [0.25, 0.3) is 5.56 Å². The number of aromatic nitrogens is 2. The summed E-state index contributed by atoms with van der Waals surface area (Å²) in [5, 5.41) is 0. The lowest BCUT2D eigenvalue weighted by Gasteiger charge is -2.25. The van der Waals surface area contributed by atoms with Crippen molar-refractivity contribution >= 4 is 29.4 Å². The highest BCUT2D eigenvalue weighted by Crippen LogP contribution is 2.32. The second kappa shape index (κ2) is 11.9. The third-order valence-corrected chi connectivity index (χ3v) is 8.28. The minimum absolute atomic E-state index is 0.260. The quantitative estimate of drug-likeness (QED) is 0.292. The average Bonchev–Trinajstić information content (AvgIpc) is 3.44. The van der Waals surface area contributed by atoms with Crippen molar-refractivity contribution in [1.29, 1.82) is 0 Å². The van der Waals surface area contributed by atoms with Crippen LogP contribution in [0.5, 0.6) is 5.75 Å². The first kappa shape index (κ1) is 29.8. The van der Waals surface area contributed by atoms with Crippen LogP contribution >= 0.6 is 11.3 Å². The zero-order valence-corrected chi connectivity index (χ0v) is 25.9. The third-order valence-electron chi connectivity index (χ3n) is 7.30. The van der Waals surface area contributed by atoms with Crippen LogP contribution in [-0.4, -0.2) is 41.4 Å². The lowest BCUT2D eigenvalue weighted by molar-refractivity contribution is -0.143. The van der Waals surface area contributed by atoms with E-state index in [1.165, 1.54) is 18.4 Å². The molecule has 0 bridgehead atoms. The van der Waals surface area contributed by atoms with Gasteiger partial charge >= 0.3 is 11.9 Å². The number of hydrogen-bond acceptors (Lipinski definition) is 8. The summed E-state index contributed by atoms with van der Waals surface area (Å²) in [5.74, 6) is -0.260. The van der Waals surface area contributed by atoms with Gasteiger partial charge in [0, 0.05) is 17.1 Å². The third kappa shape index (κ3) is 5.58. The van der Waals surface area contributed by atoms with Crippen LogP contribution in [0.1, 0.15) is 59.7 Å². The molecule has 0 radical (unpaired) electrons. The topological polar surface area (TPSA) is 101 Å². The lowest BCUT2D eigenvalue weighted by atomic mass is 9.96. The molecule has 9 nitrogen and oxygen atoms in total. The van der Waals surface area contributed by atoms with E-state index < -0.39 is 18.0 Å². The standard InChI is InChI=1S/C33H33N3O6S/c1-18(2)42-32(39)28-20(4)34-33-36(29(28)22-11-13-26(40-6)14-12-22)30(37)27(43-33)17-24-15-19(3)35(21(24)5)25-10-8-9-23(16-25)31(38)41-7/h8-18,29H,1-7H3/b27-17+/t29-/m1/s1. The molecule has 1 atom stereocenters. The van der Waals surface area contributed by atoms with Gasteiger partial charge in [-0.1, -0.05) is 29.5 Å². The van der Waals surface area contributed by atoms with Gasteiger partial charge in [-0.2, -0.15) is 0 Å². The Balaban J connectivity index is 1.66. The van der Waals surface area contributed by atoms with E-state index in [0.717, 1.165) is 28.2 Å². The summed E-state index contributed by atoms with van der Waals surface area (Å²) in [5.41, 5.74) is 5.24. The molecular weight excluding hydrogens is 566 g/mol. The first-order valence-corrected chi connectivity index (χ1v) is 14.6. The Hall–Kier alpha value is -4.70. The van der Waals surface area contributed by atoms with E-state index in [1.807, 2.05) is 54.8 Å².